The largest absolute Gasteiger partial charge is 0.381 e. The highest BCUT2D eigenvalue weighted by Gasteiger charge is 2.34. The van der Waals surface area contributed by atoms with Crippen LogP contribution < -0.4 is 0 Å². The molecule has 0 amide bonds. The first kappa shape index (κ1) is 23.9. The van der Waals surface area contributed by atoms with E-state index in [1.807, 2.05) is 0 Å². The quantitative estimate of drug-likeness (QED) is 0.214. The molecule has 0 aliphatic rings. The zero-order chi connectivity index (χ0) is 18.1. The first-order valence-electron chi connectivity index (χ1n) is 10.5. The fraction of sp³-hybridized carbons (Fsp3) is 1.00. The monoisotopic (exact) mass is 344 g/mol. The number of rotatable bonds is 18. The highest BCUT2D eigenvalue weighted by molar-refractivity contribution is 4.76. The van der Waals surface area contributed by atoms with Crippen molar-refractivity contribution in [1.29, 1.82) is 0 Å². The van der Waals surface area contributed by atoms with Crippen molar-refractivity contribution in [1.82, 2.24) is 0 Å². The summed E-state index contributed by atoms with van der Waals surface area (Å²) in [5.41, 5.74) is 0. The molecule has 24 heavy (non-hydrogen) atoms. The second kappa shape index (κ2) is 16.4. The topological polar surface area (TPSA) is 27.7 Å². The molecule has 0 radical (unpaired) electrons. The molecular weight excluding hydrogens is 300 g/mol. The molecule has 146 valence electrons. The van der Waals surface area contributed by atoms with Gasteiger partial charge in [0.1, 0.15) is 0 Å². The van der Waals surface area contributed by atoms with Crippen LogP contribution in [-0.2, 0) is 14.2 Å². The van der Waals surface area contributed by atoms with Gasteiger partial charge in [0, 0.05) is 32.3 Å². The van der Waals surface area contributed by atoms with Crippen molar-refractivity contribution < 1.29 is 14.2 Å². The van der Waals surface area contributed by atoms with Crippen LogP contribution in [0.5, 0.6) is 0 Å². The molecule has 3 nitrogen and oxygen atoms in total. The summed E-state index contributed by atoms with van der Waals surface area (Å²) in [6, 6.07) is 0. The van der Waals surface area contributed by atoms with Gasteiger partial charge in [0.25, 0.3) is 0 Å². The van der Waals surface area contributed by atoms with Gasteiger partial charge in [0.05, 0.1) is 0 Å². The molecule has 0 N–H and O–H groups in total. The minimum atomic E-state index is -0.447. The normalized spacial score (nSPS) is 13.4. The first-order valence-corrected chi connectivity index (χ1v) is 10.5. The van der Waals surface area contributed by atoms with Gasteiger partial charge in [-0.3, -0.25) is 0 Å². The van der Waals surface area contributed by atoms with Crippen LogP contribution >= 0.6 is 0 Å². The van der Waals surface area contributed by atoms with Gasteiger partial charge in [-0.05, 0) is 46.5 Å². The number of ether oxygens (including phenoxy) is 3. The van der Waals surface area contributed by atoms with E-state index in [9.17, 15) is 0 Å². The van der Waals surface area contributed by atoms with E-state index < -0.39 is 5.79 Å². The maximum absolute atomic E-state index is 6.04. The third-order valence-electron chi connectivity index (χ3n) is 4.70. The highest BCUT2D eigenvalue weighted by atomic mass is 16.7. The van der Waals surface area contributed by atoms with Gasteiger partial charge in [-0.2, -0.15) is 0 Å². The molecule has 0 aromatic rings. The molecule has 0 rings (SSSR count). The molecule has 0 aromatic carbocycles. The average Bonchev–Trinajstić information content (AvgIpc) is 2.56. The van der Waals surface area contributed by atoms with Crippen molar-refractivity contribution in [2.24, 2.45) is 5.92 Å². The Hall–Kier alpha value is -0.120. The molecule has 0 aromatic heterocycles. The van der Waals surface area contributed by atoms with E-state index >= 15 is 0 Å². The van der Waals surface area contributed by atoms with Crippen LogP contribution in [0.15, 0.2) is 0 Å². The molecule has 0 aliphatic carbocycles. The summed E-state index contributed by atoms with van der Waals surface area (Å²) in [5, 5.41) is 0. The molecule has 0 heterocycles. The Labute approximate surface area is 151 Å². The summed E-state index contributed by atoms with van der Waals surface area (Å²) in [6.45, 7) is 13.8. The maximum Gasteiger partial charge on any atom is 0.168 e. The Balaban J connectivity index is 4.39. The maximum atomic E-state index is 6.04. The summed E-state index contributed by atoms with van der Waals surface area (Å²) >= 11 is 0. The first-order chi connectivity index (χ1) is 11.6. The van der Waals surface area contributed by atoms with Crippen LogP contribution in [0.2, 0.25) is 0 Å². The van der Waals surface area contributed by atoms with E-state index in [-0.39, 0.29) is 0 Å². The molecule has 0 fully saturated rings. The Bertz CT molecular complexity index is 249. The van der Waals surface area contributed by atoms with E-state index in [1.165, 1.54) is 44.9 Å². The molecule has 1 atom stereocenters. The Morgan fingerprint density at radius 3 is 1.83 bits per heavy atom. The third kappa shape index (κ3) is 11.4. The SMILES string of the molecule is CCCCCCCCC(CCCOCCC)C(C)(OCC)OCC. The van der Waals surface area contributed by atoms with Gasteiger partial charge < -0.3 is 14.2 Å². The van der Waals surface area contributed by atoms with Crippen molar-refractivity contribution in [2.75, 3.05) is 26.4 Å². The minimum Gasteiger partial charge on any atom is -0.381 e. The van der Waals surface area contributed by atoms with Gasteiger partial charge >= 0.3 is 0 Å². The Morgan fingerprint density at radius 2 is 1.25 bits per heavy atom. The van der Waals surface area contributed by atoms with Gasteiger partial charge in [-0.1, -0.05) is 52.4 Å². The van der Waals surface area contributed by atoms with Crippen LogP contribution in [0.25, 0.3) is 0 Å². The summed E-state index contributed by atoms with van der Waals surface area (Å²) < 4.78 is 17.7. The standard InChI is InChI=1S/C21H44O3/c1-6-10-11-12-13-14-16-20(17-15-19-22-18-7-2)21(5,23-8-3)24-9-4/h20H,6-19H2,1-5H3. The predicted molar refractivity (Wildman–Crippen MR) is 103 cm³/mol. The van der Waals surface area contributed by atoms with E-state index in [0.29, 0.717) is 19.1 Å². The lowest BCUT2D eigenvalue weighted by Gasteiger charge is -2.37. The fourth-order valence-corrected chi connectivity index (χ4v) is 3.37. The van der Waals surface area contributed by atoms with Crippen molar-refractivity contribution in [3.63, 3.8) is 0 Å². The van der Waals surface area contributed by atoms with E-state index in [2.05, 4.69) is 34.6 Å². The molecule has 1 unspecified atom stereocenters. The molecule has 0 aliphatic heterocycles. The van der Waals surface area contributed by atoms with Gasteiger partial charge in [-0.15, -0.1) is 0 Å². The Morgan fingerprint density at radius 1 is 0.667 bits per heavy atom. The second-order valence-corrected chi connectivity index (χ2v) is 6.89. The van der Waals surface area contributed by atoms with Crippen molar-refractivity contribution >= 4 is 0 Å². The molecular formula is C21H44O3. The fourth-order valence-electron chi connectivity index (χ4n) is 3.37. The van der Waals surface area contributed by atoms with E-state index in [0.717, 1.165) is 32.5 Å². The third-order valence-corrected chi connectivity index (χ3v) is 4.70. The zero-order valence-electron chi connectivity index (χ0n) is 17.2. The lowest BCUT2D eigenvalue weighted by molar-refractivity contribution is -0.254. The number of hydrogen-bond acceptors (Lipinski definition) is 3. The number of hydrogen-bond donors (Lipinski definition) is 0. The summed E-state index contributed by atoms with van der Waals surface area (Å²) in [5.74, 6) is 0.00584. The summed E-state index contributed by atoms with van der Waals surface area (Å²) in [7, 11) is 0. The van der Waals surface area contributed by atoms with E-state index in [4.69, 9.17) is 14.2 Å². The van der Waals surface area contributed by atoms with Crippen molar-refractivity contribution in [3.05, 3.63) is 0 Å². The molecule has 0 saturated carbocycles. The lowest BCUT2D eigenvalue weighted by Crippen LogP contribution is -2.41. The van der Waals surface area contributed by atoms with Gasteiger partial charge in [0.2, 0.25) is 0 Å². The molecule has 0 spiro atoms. The summed E-state index contributed by atoms with van der Waals surface area (Å²) in [4.78, 5) is 0. The predicted octanol–water partition coefficient (Wildman–Crippen LogP) is 6.35. The van der Waals surface area contributed by atoms with Gasteiger partial charge in [-0.25, -0.2) is 0 Å². The lowest BCUT2D eigenvalue weighted by atomic mass is 9.88. The molecule has 3 heteroatoms. The van der Waals surface area contributed by atoms with E-state index in [1.54, 1.807) is 0 Å². The van der Waals surface area contributed by atoms with Crippen LogP contribution in [0.4, 0.5) is 0 Å². The minimum absolute atomic E-state index is 0.447. The van der Waals surface area contributed by atoms with Crippen LogP contribution in [0.1, 0.15) is 98.8 Å². The van der Waals surface area contributed by atoms with Crippen LogP contribution in [0.3, 0.4) is 0 Å². The molecule has 0 bridgehead atoms. The average molecular weight is 345 g/mol. The van der Waals surface area contributed by atoms with Crippen molar-refractivity contribution in [2.45, 2.75) is 105 Å². The van der Waals surface area contributed by atoms with Crippen LogP contribution in [0, 0.1) is 5.92 Å². The summed E-state index contributed by atoms with van der Waals surface area (Å²) in [6.07, 6.45) is 12.5. The second-order valence-electron chi connectivity index (χ2n) is 6.89. The molecule has 0 saturated heterocycles. The highest BCUT2D eigenvalue weighted by Crippen LogP contribution is 2.32. The van der Waals surface area contributed by atoms with Crippen molar-refractivity contribution in [3.8, 4) is 0 Å². The Kier molecular flexibility index (Phi) is 16.3. The number of unbranched alkanes of at least 4 members (excludes halogenated alkanes) is 5. The zero-order valence-corrected chi connectivity index (χ0v) is 17.2. The smallest absolute Gasteiger partial charge is 0.168 e. The van der Waals surface area contributed by atoms with Gasteiger partial charge in [0.15, 0.2) is 5.79 Å². The van der Waals surface area contributed by atoms with Crippen LogP contribution in [-0.4, -0.2) is 32.2 Å².